The van der Waals surface area contributed by atoms with Crippen molar-refractivity contribution in [1.82, 2.24) is 4.57 Å². The molecule has 0 saturated carbocycles. The number of hydrogen-bond donors (Lipinski definition) is 0. The average Bonchev–Trinajstić information content (AvgIpc) is 3.29. The first-order valence-electron chi connectivity index (χ1n) is 13.4. The maximum Gasteiger partial charge on any atom is 0.338 e. The lowest BCUT2D eigenvalue weighted by atomic mass is 9.96. The lowest BCUT2D eigenvalue weighted by Gasteiger charge is -2.25. The number of esters is 1. The Kier molecular flexibility index (Phi) is 8.90. The SMILES string of the molecule is CSc1ccc(C2C(C(=O)OCC(C)C)=C(C)N=c3sc(=Cc4ccc(OCc5ccccc5)cc4)c(=O)n32)cc1. The van der Waals surface area contributed by atoms with E-state index in [9.17, 15) is 9.59 Å². The van der Waals surface area contributed by atoms with Gasteiger partial charge in [0.2, 0.25) is 0 Å². The van der Waals surface area contributed by atoms with E-state index in [1.807, 2.05) is 105 Å². The predicted octanol–water partition coefficient (Wildman–Crippen LogP) is 5.74. The van der Waals surface area contributed by atoms with Crippen LogP contribution in [-0.2, 0) is 16.1 Å². The van der Waals surface area contributed by atoms with Crippen LogP contribution >= 0.6 is 23.1 Å². The first kappa shape index (κ1) is 28.6. The molecule has 3 aromatic carbocycles. The number of nitrogens with zero attached hydrogens (tertiary/aromatic N) is 2. The Morgan fingerprint density at radius 2 is 1.76 bits per heavy atom. The van der Waals surface area contributed by atoms with Crippen LogP contribution in [-0.4, -0.2) is 23.4 Å². The summed E-state index contributed by atoms with van der Waals surface area (Å²) in [4.78, 5) is 33.6. The molecular formula is C33H32N2O4S2. The Morgan fingerprint density at radius 3 is 2.41 bits per heavy atom. The summed E-state index contributed by atoms with van der Waals surface area (Å²) in [6.07, 6.45) is 3.87. The summed E-state index contributed by atoms with van der Waals surface area (Å²) in [5, 5.41) is 0. The highest BCUT2D eigenvalue weighted by atomic mass is 32.2. The van der Waals surface area contributed by atoms with Gasteiger partial charge in [-0.05, 0) is 66.1 Å². The number of hydrogen-bond acceptors (Lipinski definition) is 7. The minimum Gasteiger partial charge on any atom is -0.489 e. The van der Waals surface area contributed by atoms with Crippen LogP contribution in [0.2, 0.25) is 0 Å². The molecule has 1 aliphatic rings. The summed E-state index contributed by atoms with van der Waals surface area (Å²) >= 11 is 2.95. The minimum absolute atomic E-state index is 0.190. The second kappa shape index (κ2) is 12.7. The van der Waals surface area contributed by atoms with E-state index in [0.717, 1.165) is 27.3 Å². The van der Waals surface area contributed by atoms with Crippen molar-refractivity contribution in [2.75, 3.05) is 12.9 Å². The van der Waals surface area contributed by atoms with Gasteiger partial charge in [0, 0.05) is 4.90 Å². The third kappa shape index (κ3) is 6.55. The average molecular weight is 585 g/mol. The molecular weight excluding hydrogens is 553 g/mol. The maximum absolute atomic E-state index is 13.9. The fourth-order valence-corrected chi connectivity index (χ4v) is 6.01. The number of fused-ring (bicyclic) bond motifs is 1. The van der Waals surface area contributed by atoms with Crippen molar-refractivity contribution >= 4 is 35.1 Å². The second-order valence-corrected chi connectivity index (χ2v) is 12.1. The number of aromatic nitrogens is 1. The number of benzene rings is 3. The Morgan fingerprint density at radius 1 is 1.05 bits per heavy atom. The molecule has 2 heterocycles. The maximum atomic E-state index is 13.9. The third-order valence-corrected chi connectivity index (χ3v) is 8.37. The predicted molar refractivity (Wildman–Crippen MR) is 165 cm³/mol. The minimum atomic E-state index is -0.627. The lowest BCUT2D eigenvalue weighted by Crippen LogP contribution is -2.40. The lowest BCUT2D eigenvalue weighted by molar-refractivity contribution is -0.140. The Balaban J connectivity index is 1.50. The molecule has 0 aliphatic carbocycles. The highest BCUT2D eigenvalue weighted by Crippen LogP contribution is 2.32. The molecule has 1 unspecified atom stereocenters. The number of carbonyl (C=O) groups is 1. The summed E-state index contributed by atoms with van der Waals surface area (Å²) in [5.74, 6) is 0.496. The Bertz CT molecular complexity index is 1740. The summed E-state index contributed by atoms with van der Waals surface area (Å²) in [5.41, 5.74) is 3.56. The van der Waals surface area contributed by atoms with Crippen LogP contribution in [0.4, 0.5) is 0 Å². The number of thiazole rings is 1. The first-order chi connectivity index (χ1) is 19.8. The van der Waals surface area contributed by atoms with Crippen LogP contribution in [0, 0.1) is 5.92 Å². The fourth-order valence-electron chi connectivity index (χ4n) is 4.56. The summed E-state index contributed by atoms with van der Waals surface area (Å²) in [7, 11) is 0. The number of thioether (sulfide) groups is 1. The normalized spacial score (nSPS) is 15.0. The van der Waals surface area contributed by atoms with Crippen LogP contribution < -0.4 is 19.6 Å². The van der Waals surface area contributed by atoms with Gasteiger partial charge in [-0.2, -0.15) is 0 Å². The molecule has 0 bridgehead atoms. The molecule has 41 heavy (non-hydrogen) atoms. The van der Waals surface area contributed by atoms with Gasteiger partial charge in [-0.1, -0.05) is 79.8 Å². The highest BCUT2D eigenvalue weighted by Gasteiger charge is 2.33. The number of allylic oxidation sites excluding steroid dienone is 1. The van der Waals surface area contributed by atoms with Crippen molar-refractivity contribution in [3.8, 4) is 5.75 Å². The Labute approximate surface area is 247 Å². The second-order valence-electron chi connectivity index (χ2n) is 10.2. The van der Waals surface area contributed by atoms with Gasteiger partial charge >= 0.3 is 5.97 Å². The van der Waals surface area contributed by atoms with E-state index >= 15 is 0 Å². The Hall–Kier alpha value is -3.88. The number of rotatable bonds is 9. The molecule has 1 atom stereocenters. The van der Waals surface area contributed by atoms with Crippen molar-refractivity contribution in [3.63, 3.8) is 0 Å². The molecule has 0 radical (unpaired) electrons. The van der Waals surface area contributed by atoms with Crippen molar-refractivity contribution in [3.05, 3.63) is 127 Å². The molecule has 210 valence electrons. The van der Waals surface area contributed by atoms with Crippen molar-refractivity contribution in [1.29, 1.82) is 0 Å². The standard InChI is InChI=1S/C33H32N2O4S2/c1-21(2)19-39-32(37)29-22(3)34-33-35(30(29)25-12-16-27(40-4)17-13-25)31(36)28(41-33)18-23-10-14-26(15-11-23)38-20-24-8-6-5-7-9-24/h5-18,21,30H,19-20H2,1-4H3. The molecule has 1 aromatic heterocycles. The van der Waals surface area contributed by atoms with Crippen molar-refractivity contribution in [2.24, 2.45) is 10.9 Å². The molecule has 6 nitrogen and oxygen atoms in total. The van der Waals surface area contributed by atoms with Gasteiger partial charge in [0.1, 0.15) is 12.4 Å². The van der Waals surface area contributed by atoms with E-state index < -0.39 is 12.0 Å². The molecule has 0 amide bonds. The van der Waals surface area contributed by atoms with Gasteiger partial charge in [0.25, 0.3) is 5.56 Å². The van der Waals surface area contributed by atoms with Crippen molar-refractivity contribution in [2.45, 2.75) is 38.3 Å². The van der Waals surface area contributed by atoms with E-state index in [-0.39, 0.29) is 11.5 Å². The van der Waals surface area contributed by atoms with E-state index in [2.05, 4.69) is 0 Å². The smallest absolute Gasteiger partial charge is 0.338 e. The molecule has 5 rings (SSSR count). The van der Waals surface area contributed by atoms with E-state index in [1.54, 1.807) is 23.3 Å². The van der Waals surface area contributed by atoms with E-state index in [0.29, 0.717) is 33.8 Å². The summed E-state index contributed by atoms with van der Waals surface area (Å²) in [6, 6.07) is 25.0. The highest BCUT2D eigenvalue weighted by molar-refractivity contribution is 7.98. The molecule has 0 saturated heterocycles. The van der Waals surface area contributed by atoms with Gasteiger partial charge < -0.3 is 9.47 Å². The largest absolute Gasteiger partial charge is 0.489 e. The third-order valence-electron chi connectivity index (χ3n) is 6.65. The molecule has 8 heteroatoms. The van der Waals surface area contributed by atoms with Crippen molar-refractivity contribution < 1.29 is 14.3 Å². The topological polar surface area (TPSA) is 69.9 Å². The number of ether oxygens (including phenoxy) is 2. The summed E-state index contributed by atoms with van der Waals surface area (Å²) < 4.78 is 13.7. The first-order valence-corrected chi connectivity index (χ1v) is 15.5. The zero-order valence-corrected chi connectivity index (χ0v) is 25.1. The van der Waals surface area contributed by atoms with Crippen LogP contribution in [0.5, 0.6) is 5.75 Å². The molecule has 0 spiro atoms. The van der Waals surface area contributed by atoms with Crippen LogP contribution in [0.3, 0.4) is 0 Å². The van der Waals surface area contributed by atoms with Gasteiger partial charge in [-0.15, -0.1) is 11.8 Å². The van der Waals surface area contributed by atoms with Gasteiger partial charge in [-0.3, -0.25) is 9.36 Å². The van der Waals surface area contributed by atoms with Gasteiger partial charge in [0.05, 0.1) is 28.5 Å². The van der Waals surface area contributed by atoms with Gasteiger partial charge in [-0.25, -0.2) is 9.79 Å². The fraction of sp³-hybridized carbons (Fsp3) is 0.242. The molecule has 4 aromatic rings. The molecule has 0 fully saturated rings. The zero-order chi connectivity index (χ0) is 28.9. The van der Waals surface area contributed by atoms with Crippen LogP contribution in [0.25, 0.3) is 6.08 Å². The quantitative estimate of drug-likeness (QED) is 0.186. The van der Waals surface area contributed by atoms with Crippen LogP contribution in [0.15, 0.2) is 105 Å². The number of carbonyl (C=O) groups excluding carboxylic acids is 1. The van der Waals surface area contributed by atoms with E-state index in [1.165, 1.54) is 11.3 Å². The molecule has 1 aliphatic heterocycles. The van der Waals surface area contributed by atoms with E-state index in [4.69, 9.17) is 14.5 Å². The zero-order valence-electron chi connectivity index (χ0n) is 23.5. The summed E-state index contributed by atoms with van der Waals surface area (Å²) in [6.45, 7) is 6.57. The van der Waals surface area contributed by atoms with Crippen LogP contribution in [0.1, 0.15) is 43.5 Å². The molecule has 0 N–H and O–H groups in total. The van der Waals surface area contributed by atoms with Gasteiger partial charge in [0.15, 0.2) is 4.80 Å². The monoisotopic (exact) mass is 584 g/mol.